The molecule has 0 fully saturated rings. The van der Waals surface area contributed by atoms with E-state index in [4.69, 9.17) is 4.74 Å². The lowest BCUT2D eigenvalue weighted by Crippen LogP contribution is -2.31. The molecule has 0 saturated carbocycles. The molecule has 1 aliphatic heterocycles. The van der Waals surface area contributed by atoms with E-state index in [0.29, 0.717) is 23.9 Å². The summed E-state index contributed by atoms with van der Waals surface area (Å²) < 4.78 is 6.80. The Morgan fingerprint density at radius 1 is 1.46 bits per heavy atom. The van der Waals surface area contributed by atoms with Crippen molar-refractivity contribution in [2.75, 3.05) is 19.4 Å². The number of carbonyl (C=O) groups excluding carboxylic acids is 1. The minimum atomic E-state index is -0.122. The number of amides is 1. The van der Waals surface area contributed by atoms with Gasteiger partial charge in [-0.3, -0.25) is 14.2 Å². The van der Waals surface area contributed by atoms with E-state index in [1.54, 1.807) is 11.7 Å². The topological polar surface area (TPSA) is 73.2 Å². The third-order valence-electron chi connectivity index (χ3n) is 3.91. The number of hydrogen-bond acceptors (Lipinski definition) is 5. The Hall–Kier alpha value is -2.28. The molecule has 3 rings (SSSR count). The van der Waals surface area contributed by atoms with Crippen molar-refractivity contribution in [3.05, 3.63) is 52.4 Å². The van der Waals surface area contributed by atoms with Crippen molar-refractivity contribution < 1.29 is 9.53 Å². The monoisotopic (exact) mass is 345 g/mol. The summed E-state index contributed by atoms with van der Waals surface area (Å²) >= 11 is 1.51. The van der Waals surface area contributed by atoms with E-state index in [1.807, 2.05) is 24.3 Å². The second-order valence-corrected chi connectivity index (χ2v) is 6.54. The molecule has 6 nitrogen and oxygen atoms in total. The molecule has 1 aromatic heterocycles. The summed E-state index contributed by atoms with van der Waals surface area (Å²) in [6.45, 7) is 0.556. The largest absolute Gasteiger partial charge is 0.497 e. The van der Waals surface area contributed by atoms with Crippen LogP contribution in [0.1, 0.15) is 18.0 Å². The van der Waals surface area contributed by atoms with Crippen LogP contribution in [0.3, 0.4) is 0 Å². The number of benzene rings is 1. The zero-order chi connectivity index (χ0) is 16.9. The minimum Gasteiger partial charge on any atom is -0.497 e. The molecule has 1 aliphatic rings. The molecule has 7 heteroatoms. The lowest BCUT2D eigenvalue weighted by molar-refractivity contribution is -0.121. The molecule has 0 spiro atoms. The van der Waals surface area contributed by atoms with E-state index in [2.05, 4.69) is 10.3 Å². The van der Waals surface area contributed by atoms with Crippen LogP contribution in [0, 0.1) is 0 Å². The Morgan fingerprint density at radius 2 is 2.33 bits per heavy atom. The maximum Gasteiger partial charge on any atom is 0.254 e. The molecular formula is C17H19N3O3S. The molecule has 2 aromatic rings. The zero-order valence-corrected chi connectivity index (χ0v) is 14.2. The summed E-state index contributed by atoms with van der Waals surface area (Å²) in [5.74, 6) is 1.47. The molecule has 0 bridgehead atoms. The van der Waals surface area contributed by atoms with Crippen molar-refractivity contribution in [1.82, 2.24) is 14.9 Å². The van der Waals surface area contributed by atoms with E-state index in [9.17, 15) is 9.59 Å². The molecule has 1 N–H and O–H groups in total. The first kappa shape index (κ1) is 16.6. The molecule has 0 radical (unpaired) electrons. The molecule has 1 aromatic carbocycles. The molecule has 2 heterocycles. The molecule has 0 aliphatic carbocycles. The van der Waals surface area contributed by atoms with Crippen LogP contribution in [-0.4, -0.2) is 34.9 Å². The first-order valence-corrected chi connectivity index (χ1v) is 8.76. The van der Waals surface area contributed by atoms with E-state index < -0.39 is 0 Å². The van der Waals surface area contributed by atoms with Crippen molar-refractivity contribution in [2.24, 2.45) is 0 Å². The molecule has 0 saturated heterocycles. The highest BCUT2D eigenvalue weighted by Gasteiger charge is 2.26. The van der Waals surface area contributed by atoms with Crippen molar-refractivity contribution in [3.63, 3.8) is 0 Å². The standard InChI is InChI=1S/C17H19N3O3S/c1-23-14-4-2-3-12(9-14)5-7-18-15(21)10-13-11-24-17-19-8-6-16(22)20(13)17/h2-4,6,8-9,13H,5,7,10-11H2,1H3,(H,18,21)/t13-/m1/s1. The number of thioether (sulfide) groups is 1. The van der Waals surface area contributed by atoms with E-state index in [-0.39, 0.29) is 17.5 Å². The first-order valence-electron chi connectivity index (χ1n) is 7.77. The normalized spacial score (nSPS) is 15.8. The van der Waals surface area contributed by atoms with Gasteiger partial charge in [0.05, 0.1) is 13.2 Å². The number of nitrogens with zero attached hydrogens (tertiary/aromatic N) is 2. The lowest BCUT2D eigenvalue weighted by Gasteiger charge is -2.13. The van der Waals surface area contributed by atoms with Crippen molar-refractivity contribution in [1.29, 1.82) is 0 Å². The van der Waals surface area contributed by atoms with Crippen LogP contribution in [0.25, 0.3) is 0 Å². The number of methoxy groups -OCH3 is 1. The molecule has 0 unspecified atom stereocenters. The minimum absolute atomic E-state index is 0.0490. The number of fused-ring (bicyclic) bond motifs is 1. The van der Waals surface area contributed by atoms with Crippen LogP contribution in [0.4, 0.5) is 0 Å². The molecule has 1 amide bonds. The average Bonchev–Trinajstić information content (AvgIpc) is 2.99. The van der Waals surface area contributed by atoms with E-state index >= 15 is 0 Å². The number of ether oxygens (including phenoxy) is 1. The predicted octanol–water partition coefficient (Wildman–Crippen LogP) is 1.65. The van der Waals surface area contributed by atoms with Gasteiger partial charge in [-0.15, -0.1) is 0 Å². The number of carbonyl (C=O) groups is 1. The Morgan fingerprint density at radius 3 is 3.17 bits per heavy atom. The van der Waals surface area contributed by atoms with Gasteiger partial charge in [0.1, 0.15) is 5.75 Å². The van der Waals surface area contributed by atoms with Crippen LogP contribution in [-0.2, 0) is 11.2 Å². The molecule has 126 valence electrons. The fourth-order valence-corrected chi connectivity index (χ4v) is 3.82. The highest BCUT2D eigenvalue weighted by Crippen LogP contribution is 2.31. The highest BCUT2D eigenvalue weighted by molar-refractivity contribution is 7.99. The number of hydrogen-bond donors (Lipinski definition) is 1. The third kappa shape index (κ3) is 3.79. The Kier molecular flexibility index (Phi) is 5.20. The fourth-order valence-electron chi connectivity index (χ4n) is 2.70. The predicted molar refractivity (Wildman–Crippen MR) is 92.6 cm³/mol. The number of aromatic nitrogens is 2. The number of nitrogens with one attached hydrogen (secondary N) is 1. The summed E-state index contributed by atoms with van der Waals surface area (Å²) in [5, 5.41) is 3.61. The molecule has 1 atom stereocenters. The van der Waals surface area contributed by atoms with Gasteiger partial charge in [0.2, 0.25) is 5.91 Å². The SMILES string of the molecule is COc1cccc(CCNC(=O)C[C@@H]2CSc3nccc(=O)n32)c1. The average molecular weight is 345 g/mol. The summed E-state index contributed by atoms with van der Waals surface area (Å²) in [6, 6.07) is 9.10. The second kappa shape index (κ2) is 7.53. The van der Waals surface area contributed by atoms with Gasteiger partial charge in [-0.05, 0) is 24.1 Å². The van der Waals surface area contributed by atoms with Crippen LogP contribution >= 0.6 is 11.8 Å². The van der Waals surface area contributed by atoms with Crippen molar-refractivity contribution >= 4 is 17.7 Å². The van der Waals surface area contributed by atoms with Crippen LogP contribution in [0.2, 0.25) is 0 Å². The van der Waals surface area contributed by atoms with Crippen molar-refractivity contribution in [2.45, 2.75) is 24.0 Å². The number of rotatable bonds is 6. The third-order valence-corrected chi connectivity index (χ3v) is 5.02. The van der Waals surface area contributed by atoms with Crippen LogP contribution < -0.4 is 15.6 Å². The molecular weight excluding hydrogens is 326 g/mol. The summed E-state index contributed by atoms with van der Waals surface area (Å²) in [5.41, 5.74) is 1.01. The van der Waals surface area contributed by atoms with Gasteiger partial charge in [-0.2, -0.15) is 0 Å². The smallest absolute Gasteiger partial charge is 0.254 e. The fraction of sp³-hybridized carbons (Fsp3) is 0.353. The van der Waals surface area contributed by atoms with Gasteiger partial charge in [0.15, 0.2) is 5.16 Å². The van der Waals surface area contributed by atoms with Gasteiger partial charge in [0, 0.05) is 31.0 Å². The highest BCUT2D eigenvalue weighted by atomic mass is 32.2. The Balaban J connectivity index is 1.51. The first-order chi connectivity index (χ1) is 11.7. The quantitative estimate of drug-likeness (QED) is 0.806. The Bertz CT molecular complexity index is 791. The van der Waals surface area contributed by atoms with Gasteiger partial charge in [0.25, 0.3) is 5.56 Å². The maximum atomic E-state index is 12.2. The van der Waals surface area contributed by atoms with Gasteiger partial charge >= 0.3 is 0 Å². The van der Waals surface area contributed by atoms with E-state index in [0.717, 1.165) is 17.7 Å². The van der Waals surface area contributed by atoms with Crippen LogP contribution in [0.5, 0.6) is 5.75 Å². The van der Waals surface area contributed by atoms with Gasteiger partial charge in [-0.25, -0.2) is 4.98 Å². The van der Waals surface area contributed by atoms with Gasteiger partial charge < -0.3 is 10.1 Å². The van der Waals surface area contributed by atoms with Crippen LogP contribution in [0.15, 0.2) is 46.5 Å². The van der Waals surface area contributed by atoms with Crippen molar-refractivity contribution in [3.8, 4) is 5.75 Å². The second-order valence-electron chi connectivity index (χ2n) is 5.56. The Labute approximate surface area is 144 Å². The van der Waals surface area contributed by atoms with E-state index in [1.165, 1.54) is 24.0 Å². The zero-order valence-electron chi connectivity index (χ0n) is 13.4. The summed E-state index contributed by atoms with van der Waals surface area (Å²) in [6.07, 6.45) is 2.54. The summed E-state index contributed by atoms with van der Waals surface area (Å²) in [4.78, 5) is 28.3. The summed E-state index contributed by atoms with van der Waals surface area (Å²) in [7, 11) is 1.63. The van der Waals surface area contributed by atoms with Gasteiger partial charge in [-0.1, -0.05) is 23.9 Å². The maximum absolute atomic E-state index is 12.2. The molecule has 24 heavy (non-hydrogen) atoms. The lowest BCUT2D eigenvalue weighted by atomic mass is 10.1.